The van der Waals surface area contributed by atoms with E-state index in [0.29, 0.717) is 32.8 Å². The van der Waals surface area contributed by atoms with Gasteiger partial charge in [-0.3, -0.25) is 4.79 Å². The molecule has 0 aliphatic carbocycles. The number of nitrogens with one attached hydrogen (secondary N) is 2. The minimum Gasteiger partial charge on any atom is -0.379 e. The maximum atomic E-state index is 12.5. The lowest BCUT2D eigenvalue weighted by molar-refractivity contribution is -0.122. The molecule has 1 unspecified atom stereocenters. The molecule has 2 aliphatic heterocycles. The number of carbonyl (C=O) groups excluding carboxylic acids is 1. The van der Waals surface area contributed by atoms with Gasteiger partial charge < -0.3 is 15.4 Å². The summed E-state index contributed by atoms with van der Waals surface area (Å²) in [4.78, 5) is 12.2. The van der Waals surface area contributed by atoms with Gasteiger partial charge >= 0.3 is 0 Å². The number of hydrogen-bond acceptors (Lipinski definition) is 5. The van der Waals surface area contributed by atoms with Crippen molar-refractivity contribution in [1.82, 2.24) is 14.9 Å². The minimum atomic E-state index is -3.47. The van der Waals surface area contributed by atoms with Gasteiger partial charge in [-0.15, -0.1) is 0 Å². The second-order valence-corrected chi connectivity index (χ2v) is 7.97. The number of morpholine rings is 1. The molecule has 7 nitrogen and oxygen atoms in total. The van der Waals surface area contributed by atoms with Gasteiger partial charge in [0, 0.05) is 19.6 Å². The fourth-order valence-corrected chi connectivity index (χ4v) is 4.34. The molecule has 1 aromatic rings. The Bertz CT molecular complexity index is 663. The van der Waals surface area contributed by atoms with Crippen LogP contribution in [-0.2, 0) is 26.1 Å². The summed E-state index contributed by atoms with van der Waals surface area (Å²) < 4.78 is 31.7. The van der Waals surface area contributed by atoms with Crippen molar-refractivity contribution in [1.29, 1.82) is 0 Å². The lowest BCUT2D eigenvalue weighted by Gasteiger charge is -2.26. The molecule has 0 aromatic heterocycles. The second kappa shape index (κ2) is 7.60. The average Bonchev–Trinajstić information content (AvgIpc) is 3.15. The van der Waals surface area contributed by atoms with Crippen LogP contribution >= 0.6 is 0 Å². The predicted octanol–water partition coefficient (Wildman–Crippen LogP) is 0.0757. The van der Waals surface area contributed by atoms with Gasteiger partial charge in [-0.1, -0.05) is 12.1 Å². The molecule has 3 rings (SSSR count). The van der Waals surface area contributed by atoms with Crippen molar-refractivity contribution in [2.45, 2.75) is 30.3 Å². The zero-order valence-electron chi connectivity index (χ0n) is 13.5. The molecule has 2 heterocycles. The fourth-order valence-electron chi connectivity index (χ4n) is 2.94. The number of hydrogen-bond donors (Lipinski definition) is 2. The van der Waals surface area contributed by atoms with Crippen LogP contribution in [0.4, 0.5) is 0 Å². The van der Waals surface area contributed by atoms with Crippen LogP contribution in [0.25, 0.3) is 0 Å². The average molecular weight is 353 g/mol. The van der Waals surface area contributed by atoms with E-state index in [9.17, 15) is 13.2 Å². The largest absolute Gasteiger partial charge is 0.379 e. The van der Waals surface area contributed by atoms with Crippen LogP contribution in [0.1, 0.15) is 18.4 Å². The summed E-state index contributed by atoms with van der Waals surface area (Å²) in [7, 11) is -3.47. The van der Waals surface area contributed by atoms with E-state index < -0.39 is 10.0 Å². The first kappa shape index (κ1) is 17.3. The van der Waals surface area contributed by atoms with Crippen molar-refractivity contribution in [3.05, 3.63) is 29.8 Å². The molecule has 1 aromatic carbocycles. The first-order valence-electron chi connectivity index (χ1n) is 8.25. The number of carbonyl (C=O) groups is 1. The Morgan fingerprint density at radius 3 is 2.58 bits per heavy atom. The highest BCUT2D eigenvalue weighted by Gasteiger charge is 2.26. The minimum absolute atomic E-state index is 0.00230. The van der Waals surface area contributed by atoms with Gasteiger partial charge in [0.15, 0.2) is 0 Å². The molecule has 8 heteroatoms. The molecule has 1 amide bonds. The van der Waals surface area contributed by atoms with Crippen molar-refractivity contribution in [3.8, 4) is 0 Å². The molecular weight excluding hydrogens is 330 g/mol. The van der Waals surface area contributed by atoms with Crippen LogP contribution in [-0.4, -0.2) is 57.5 Å². The molecule has 2 fully saturated rings. The van der Waals surface area contributed by atoms with Crippen LogP contribution in [0.5, 0.6) is 0 Å². The third-order valence-corrected chi connectivity index (χ3v) is 6.29. The molecule has 0 radical (unpaired) electrons. The Morgan fingerprint density at radius 2 is 1.96 bits per heavy atom. The topological polar surface area (TPSA) is 87.7 Å². The predicted molar refractivity (Wildman–Crippen MR) is 88.9 cm³/mol. The second-order valence-electron chi connectivity index (χ2n) is 6.03. The summed E-state index contributed by atoms with van der Waals surface area (Å²) in [5.41, 5.74) is 0.877. The van der Waals surface area contributed by atoms with Gasteiger partial charge in [-0.2, -0.15) is 4.31 Å². The molecule has 2 aliphatic rings. The van der Waals surface area contributed by atoms with Crippen molar-refractivity contribution >= 4 is 15.9 Å². The van der Waals surface area contributed by atoms with Crippen molar-refractivity contribution in [2.24, 2.45) is 0 Å². The van der Waals surface area contributed by atoms with Crippen LogP contribution < -0.4 is 10.6 Å². The van der Waals surface area contributed by atoms with Crippen LogP contribution in [0.3, 0.4) is 0 Å². The number of nitrogens with zero attached hydrogens (tertiary/aromatic N) is 1. The Balaban J connectivity index is 1.59. The maximum Gasteiger partial charge on any atom is 0.243 e. The summed E-state index contributed by atoms with van der Waals surface area (Å²) in [6, 6.07) is 6.58. The van der Waals surface area contributed by atoms with E-state index in [4.69, 9.17) is 4.74 Å². The monoisotopic (exact) mass is 353 g/mol. The molecule has 1 atom stereocenters. The normalized spacial score (nSPS) is 22.4. The number of ether oxygens (including phenoxy) is 1. The summed E-state index contributed by atoms with van der Waals surface area (Å²) in [6.07, 6.45) is 1.88. The van der Waals surface area contributed by atoms with E-state index in [1.54, 1.807) is 24.3 Å². The molecule has 0 spiro atoms. The van der Waals surface area contributed by atoms with E-state index in [1.807, 2.05) is 0 Å². The fraction of sp³-hybridized carbons (Fsp3) is 0.562. The van der Waals surface area contributed by atoms with Crippen LogP contribution in [0.15, 0.2) is 29.2 Å². The van der Waals surface area contributed by atoms with Crippen molar-refractivity contribution < 1.29 is 17.9 Å². The number of amides is 1. The van der Waals surface area contributed by atoms with E-state index in [-0.39, 0.29) is 16.8 Å². The lowest BCUT2D eigenvalue weighted by Crippen LogP contribution is -2.40. The molecular formula is C16H23N3O4S. The highest BCUT2D eigenvalue weighted by atomic mass is 32.2. The summed E-state index contributed by atoms with van der Waals surface area (Å²) >= 11 is 0. The SMILES string of the molecule is O=C(NCc1ccc(S(=O)(=O)N2CCOCC2)cc1)C1CCCN1. The van der Waals surface area contributed by atoms with E-state index in [2.05, 4.69) is 10.6 Å². The molecule has 132 valence electrons. The standard InChI is InChI=1S/C16H23N3O4S/c20-16(15-2-1-7-17-15)18-12-13-3-5-14(6-4-13)24(21,22)19-8-10-23-11-9-19/h3-6,15,17H,1-2,7-12H2,(H,18,20). The molecule has 0 saturated carbocycles. The number of benzene rings is 1. The Labute approximate surface area is 142 Å². The first-order valence-corrected chi connectivity index (χ1v) is 9.69. The highest BCUT2D eigenvalue weighted by molar-refractivity contribution is 7.89. The van der Waals surface area contributed by atoms with Gasteiger partial charge in [0.2, 0.25) is 15.9 Å². The van der Waals surface area contributed by atoms with Crippen LogP contribution in [0.2, 0.25) is 0 Å². The molecule has 24 heavy (non-hydrogen) atoms. The van der Waals surface area contributed by atoms with Gasteiger partial charge in [-0.25, -0.2) is 8.42 Å². The van der Waals surface area contributed by atoms with Crippen molar-refractivity contribution in [3.63, 3.8) is 0 Å². The van der Waals surface area contributed by atoms with Gasteiger partial charge in [-0.05, 0) is 37.1 Å². The quantitative estimate of drug-likeness (QED) is 0.783. The third kappa shape index (κ3) is 3.94. The molecule has 2 N–H and O–H groups in total. The van der Waals surface area contributed by atoms with Gasteiger partial charge in [0.05, 0.1) is 24.2 Å². The summed E-state index contributed by atoms with van der Waals surface area (Å²) in [5, 5.41) is 6.04. The third-order valence-electron chi connectivity index (χ3n) is 4.37. The Hall–Kier alpha value is -1.48. The zero-order valence-corrected chi connectivity index (χ0v) is 14.3. The van der Waals surface area contributed by atoms with Crippen molar-refractivity contribution in [2.75, 3.05) is 32.8 Å². The number of sulfonamides is 1. The van der Waals surface area contributed by atoms with Gasteiger partial charge in [0.25, 0.3) is 0 Å². The molecule has 0 bridgehead atoms. The zero-order chi connectivity index (χ0) is 17.0. The summed E-state index contributed by atoms with van der Waals surface area (Å²) in [5.74, 6) is -0.00230. The smallest absolute Gasteiger partial charge is 0.243 e. The molecule has 2 saturated heterocycles. The van der Waals surface area contributed by atoms with E-state index in [0.717, 1.165) is 24.9 Å². The highest BCUT2D eigenvalue weighted by Crippen LogP contribution is 2.17. The lowest BCUT2D eigenvalue weighted by atomic mass is 10.2. The maximum absolute atomic E-state index is 12.5. The van der Waals surface area contributed by atoms with Gasteiger partial charge in [0.1, 0.15) is 0 Å². The Kier molecular flexibility index (Phi) is 5.50. The van der Waals surface area contributed by atoms with Crippen LogP contribution in [0, 0.1) is 0 Å². The van der Waals surface area contributed by atoms with E-state index in [1.165, 1.54) is 4.31 Å². The number of rotatable bonds is 5. The summed E-state index contributed by atoms with van der Waals surface area (Å²) in [6.45, 7) is 2.90. The van der Waals surface area contributed by atoms with E-state index >= 15 is 0 Å². The first-order chi connectivity index (χ1) is 11.6. The Morgan fingerprint density at radius 1 is 1.25 bits per heavy atom.